The van der Waals surface area contributed by atoms with Gasteiger partial charge in [-0.15, -0.1) is 22.9 Å². The molecule has 160 valence electrons. The van der Waals surface area contributed by atoms with Crippen LogP contribution >= 0.6 is 38.9 Å². The zero-order chi connectivity index (χ0) is 21.4. The first kappa shape index (κ1) is 22.0. The van der Waals surface area contributed by atoms with Gasteiger partial charge in [0.05, 0.1) is 10.6 Å². The highest BCUT2D eigenvalue weighted by Crippen LogP contribution is 2.33. The van der Waals surface area contributed by atoms with Crippen LogP contribution in [0.25, 0.3) is 0 Å². The molecule has 30 heavy (non-hydrogen) atoms. The van der Waals surface area contributed by atoms with Crippen molar-refractivity contribution in [2.24, 2.45) is 0 Å². The van der Waals surface area contributed by atoms with Crippen molar-refractivity contribution in [3.05, 3.63) is 69.7 Å². The first-order valence-electron chi connectivity index (χ1n) is 9.73. The van der Waals surface area contributed by atoms with Crippen molar-refractivity contribution in [1.82, 2.24) is 9.29 Å². The number of aromatic nitrogens is 1. The Morgan fingerprint density at radius 3 is 2.73 bits per heavy atom. The van der Waals surface area contributed by atoms with Crippen molar-refractivity contribution >= 4 is 54.0 Å². The van der Waals surface area contributed by atoms with Gasteiger partial charge in [-0.05, 0) is 24.6 Å². The zero-order valence-electron chi connectivity index (χ0n) is 16.5. The summed E-state index contributed by atoms with van der Waals surface area (Å²) >= 11 is 11.6. The average molecular weight is 529 g/mol. The SMILES string of the molecule is CC1(Cl)C=CC=CC1S(=O)(=O)N1CCN(c2nc(Cc3cccc(Br)c3)cs2)CC1. The van der Waals surface area contributed by atoms with E-state index in [1.165, 1.54) is 5.56 Å². The number of benzene rings is 1. The van der Waals surface area contributed by atoms with Gasteiger partial charge < -0.3 is 4.90 Å². The third kappa shape index (κ3) is 4.67. The van der Waals surface area contributed by atoms with Crippen LogP contribution in [0.4, 0.5) is 5.13 Å². The fourth-order valence-corrected chi connectivity index (χ4v) is 7.51. The predicted molar refractivity (Wildman–Crippen MR) is 128 cm³/mol. The summed E-state index contributed by atoms with van der Waals surface area (Å²) in [6.07, 6.45) is 7.76. The molecule has 1 saturated heterocycles. The molecule has 1 aliphatic heterocycles. The maximum Gasteiger partial charge on any atom is 0.222 e. The Balaban J connectivity index is 1.40. The smallest absolute Gasteiger partial charge is 0.222 e. The van der Waals surface area contributed by atoms with E-state index in [2.05, 4.69) is 38.3 Å². The first-order valence-corrected chi connectivity index (χ1v) is 13.3. The number of allylic oxidation sites excluding steroid dienone is 3. The van der Waals surface area contributed by atoms with Crippen LogP contribution in [0.15, 0.2) is 58.4 Å². The quantitative estimate of drug-likeness (QED) is 0.539. The molecule has 1 fully saturated rings. The standard InChI is InChI=1S/C21H23BrClN3O2S2/c1-21(23)8-3-2-7-19(21)30(27,28)26-11-9-25(10-12-26)20-24-18(15-29-20)14-16-5-4-6-17(22)13-16/h2-8,13,15,19H,9-12,14H2,1H3. The molecule has 2 aliphatic rings. The van der Waals surface area contributed by atoms with Crippen molar-refractivity contribution in [3.8, 4) is 0 Å². The van der Waals surface area contributed by atoms with Gasteiger partial charge in [0.25, 0.3) is 0 Å². The molecule has 5 nitrogen and oxygen atoms in total. The van der Waals surface area contributed by atoms with Gasteiger partial charge in [0.15, 0.2) is 5.13 Å². The minimum absolute atomic E-state index is 0.434. The topological polar surface area (TPSA) is 53.5 Å². The Morgan fingerprint density at radius 1 is 1.27 bits per heavy atom. The van der Waals surface area contributed by atoms with Gasteiger partial charge in [0.1, 0.15) is 5.25 Å². The lowest BCUT2D eigenvalue weighted by molar-refractivity contribution is 0.379. The molecular weight excluding hydrogens is 506 g/mol. The highest BCUT2D eigenvalue weighted by atomic mass is 79.9. The molecule has 2 aromatic rings. The second kappa shape index (κ2) is 8.74. The van der Waals surface area contributed by atoms with Gasteiger partial charge in [0.2, 0.25) is 10.0 Å². The molecule has 2 atom stereocenters. The second-order valence-corrected chi connectivity index (χ2v) is 12.3. The van der Waals surface area contributed by atoms with Crippen LogP contribution in [0.5, 0.6) is 0 Å². The Bertz CT molecular complexity index is 1070. The maximum atomic E-state index is 13.2. The number of thiazole rings is 1. The average Bonchev–Trinajstić information content (AvgIpc) is 3.16. The fraction of sp³-hybridized carbons (Fsp3) is 0.381. The molecule has 0 N–H and O–H groups in total. The van der Waals surface area contributed by atoms with Crippen LogP contribution < -0.4 is 4.90 Å². The molecule has 1 aliphatic carbocycles. The molecular formula is C21H23BrClN3O2S2. The number of rotatable bonds is 5. The lowest BCUT2D eigenvalue weighted by Crippen LogP contribution is -2.54. The number of sulfonamides is 1. The van der Waals surface area contributed by atoms with Crippen LogP contribution in [0.3, 0.4) is 0 Å². The maximum absolute atomic E-state index is 13.2. The molecule has 2 heterocycles. The number of halogens is 2. The summed E-state index contributed by atoms with van der Waals surface area (Å²) in [5, 5.41) is 2.27. The summed E-state index contributed by atoms with van der Waals surface area (Å²) in [6, 6.07) is 8.22. The van der Waals surface area contributed by atoms with Crippen molar-refractivity contribution in [2.75, 3.05) is 31.1 Å². The van der Waals surface area contributed by atoms with Crippen LogP contribution in [-0.4, -0.2) is 54.0 Å². The lowest BCUT2D eigenvalue weighted by atomic mass is 10.0. The highest BCUT2D eigenvalue weighted by Gasteiger charge is 2.43. The van der Waals surface area contributed by atoms with Crippen LogP contribution in [0.1, 0.15) is 18.2 Å². The van der Waals surface area contributed by atoms with Crippen molar-refractivity contribution < 1.29 is 8.42 Å². The summed E-state index contributed by atoms with van der Waals surface area (Å²) in [7, 11) is -3.52. The number of alkyl halides is 1. The molecule has 4 rings (SSSR count). The summed E-state index contributed by atoms with van der Waals surface area (Å²) < 4.78 is 28.9. The Hall–Kier alpha value is -1.19. The van der Waals surface area contributed by atoms with Crippen molar-refractivity contribution in [1.29, 1.82) is 0 Å². The van der Waals surface area contributed by atoms with E-state index >= 15 is 0 Å². The molecule has 0 spiro atoms. The van der Waals surface area contributed by atoms with Crippen LogP contribution in [0.2, 0.25) is 0 Å². The van der Waals surface area contributed by atoms with Gasteiger partial charge in [0, 0.05) is 42.5 Å². The van der Waals surface area contributed by atoms with Gasteiger partial charge in [-0.3, -0.25) is 0 Å². The van der Waals surface area contributed by atoms with E-state index in [-0.39, 0.29) is 0 Å². The van der Waals surface area contributed by atoms with E-state index < -0.39 is 20.1 Å². The van der Waals surface area contributed by atoms with E-state index in [0.717, 1.165) is 21.7 Å². The molecule has 1 aromatic heterocycles. The number of hydrogen-bond acceptors (Lipinski definition) is 5. The molecule has 0 bridgehead atoms. The third-order valence-electron chi connectivity index (χ3n) is 5.38. The predicted octanol–water partition coefficient (Wildman–Crippen LogP) is 4.44. The minimum atomic E-state index is -3.52. The van der Waals surface area contributed by atoms with E-state index in [1.807, 2.05) is 12.1 Å². The highest BCUT2D eigenvalue weighted by molar-refractivity contribution is 9.10. The van der Waals surface area contributed by atoms with Gasteiger partial charge in [-0.2, -0.15) is 4.31 Å². The molecule has 2 unspecified atom stereocenters. The first-order chi connectivity index (χ1) is 14.3. The van der Waals surface area contributed by atoms with Crippen molar-refractivity contribution in [3.63, 3.8) is 0 Å². The van der Waals surface area contributed by atoms with E-state index in [4.69, 9.17) is 16.6 Å². The Morgan fingerprint density at radius 2 is 2.03 bits per heavy atom. The van der Waals surface area contributed by atoms with E-state index in [0.29, 0.717) is 26.2 Å². The van der Waals surface area contributed by atoms with Gasteiger partial charge in [-0.1, -0.05) is 52.4 Å². The van der Waals surface area contributed by atoms with Gasteiger partial charge >= 0.3 is 0 Å². The molecule has 0 saturated carbocycles. The summed E-state index contributed by atoms with van der Waals surface area (Å²) in [5.41, 5.74) is 2.23. The Labute approximate surface area is 195 Å². The molecule has 0 radical (unpaired) electrons. The normalized spacial score (nSPS) is 25.0. The molecule has 1 aromatic carbocycles. The van der Waals surface area contributed by atoms with E-state index in [9.17, 15) is 8.42 Å². The fourth-order valence-electron chi connectivity index (χ4n) is 3.76. The summed E-state index contributed by atoms with van der Waals surface area (Å²) in [6.45, 7) is 3.85. The molecule has 9 heteroatoms. The van der Waals surface area contributed by atoms with Crippen molar-refractivity contribution in [2.45, 2.75) is 23.5 Å². The lowest BCUT2D eigenvalue weighted by Gasteiger charge is -2.38. The summed E-state index contributed by atoms with van der Waals surface area (Å²) in [5.74, 6) is 0. The minimum Gasteiger partial charge on any atom is -0.345 e. The van der Waals surface area contributed by atoms with E-state index in [1.54, 1.807) is 46.9 Å². The monoisotopic (exact) mass is 527 g/mol. The molecule has 0 amide bonds. The van der Waals surface area contributed by atoms with Gasteiger partial charge in [-0.25, -0.2) is 13.4 Å². The van der Waals surface area contributed by atoms with Crippen LogP contribution in [-0.2, 0) is 16.4 Å². The zero-order valence-corrected chi connectivity index (χ0v) is 20.5. The Kier molecular flexibility index (Phi) is 6.42. The second-order valence-electron chi connectivity index (χ2n) is 7.67. The third-order valence-corrected chi connectivity index (χ3v) is 9.69. The number of piperazine rings is 1. The number of nitrogens with zero attached hydrogens (tertiary/aromatic N) is 3. The number of hydrogen-bond donors (Lipinski definition) is 0. The number of anilines is 1. The summed E-state index contributed by atoms with van der Waals surface area (Å²) in [4.78, 5) is 6.01. The largest absolute Gasteiger partial charge is 0.345 e. The van der Waals surface area contributed by atoms with Crippen LogP contribution in [0, 0.1) is 0 Å².